The van der Waals surface area contributed by atoms with Crippen molar-refractivity contribution in [2.75, 3.05) is 58.5 Å². The van der Waals surface area contributed by atoms with Crippen LogP contribution in [0.5, 0.6) is 11.5 Å². The highest BCUT2D eigenvalue weighted by atomic mass is 19.4. The van der Waals surface area contributed by atoms with Crippen molar-refractivity contribution in [3.8, 4) is 11.5 Å². The zero-order valence-corrected chi connectivity index (χ0v) is 24.2. The van der Waals surface area contributed by atoms with Gasteiger partial charge in [0.25, 0.3) is 5.91 Å². The molecule has 226 valence electrons. The number of hydrogen-bond acceptors (Lipinski definition) is 7. The molecule has 1 N–H and O–H groups in total. The van der Waals surface area contributed by atoms with Crippen LogP contribution in [-0.2, 0) is 22.4 Å². The maximum absolute atomic E-state index is 13.1. The minimum absolute atomic E-state index is 0.0454. The predicted molar refractivity (Wildman–Crippen MR) is 151 cm³/mol. The molecule has 0 bridgehead atoms. The van der Waals surface area contributed by atoms with E-state index in [1.165, 1.54) is 6.07 Å². The molecule has 0 saturated heterocycles. The van der Waals surface area contributed by atoms with E-state index in [4.69, 9.17) is 14.2 Å². The number of fused-ring (bicyclic) bond motifs is 1. The molecule has 2 aromatic carbocycles. The molecule has 0 radical (unpaired) electrons. The lowest BCUT2D eigenvalue weighted by atomic mass is 9.97. The molecule has 0 unspecified atom stereocenters. The fourth-order valence-corrected chi connectivity index (χ4v) is 4.82. The number of alkyl halides is 3. The standard InChI is InChI=1S/C30H40F3N3O5/c1-5-39-27(37)11-8-14-36-15-12-23-18-22(19-24(28(23)36)29(38)35(3)4)17-21(2)34-13-16-40-25-9-6-7-10-26(25)41-20-30(31,32)33/h6-7,9-10,18-19,21,34H,5,8,11-17,20H2,1-4H3/t21-/m1/s1. The first kappa shape index (κ1) is 32.0. The summed E-state index contributed by atoms with van der Waals surface area (Å²) < 4.78 is 53.2. The van der Waals surface area contributed by atoms with Crippen LogP contribution in [0.25, 0.3) is 0 Å². The van der Waals surface area contributed by atoms with Gasteiger partial charge in [-0.15, -0.1) is 0 Å². The van der Waals surface area contributed by atoms with Crippen LogP contribution in [0.3, 0.4) is 0 Å². The Morgan fingerprint density at radius 3 is 2.49 bits per heavy atom. The molecule has 0 aliphatic carbocycles. The molecule has 1 aliphatic rings. The number of nitrogens with one attached hydrogen (secondary N) is 1. The zero-order valence-electron chi connectivity index (χ0n) is 24.2. The lowest BCUT2D eigenvalue weighted by Crippen LogP contribution is -2.32. The average molecular weight is 580 g/mol. The van der Waals surface area contributed by atoms with Gasteiger partial charge in [0, 0.05) is 46.2 Å². The summed E-state index contributed by atoms with van der Waals surface area (Å²) in [5, 5.41) is 3.38. The average Bonchev–Trinajstić information content (AvgIpc) is 3.32. The summed E-state index contributed by atoms with van der Waals surface area (Å²) in [6.07, 6.45) is -1.94. The van der Waals surface area contributed by atoms with Crippen LogP contribution in [0.2, 0.25) is 0 Å². The Balaban J connectivity index is 1.59. The molecular formula is C30H40F3N3O5. The van der Waals surface area contributed by atoms with Crippen molar-refractivity contribution in [2.45, 2.75) is 51.7 Å². The van der Waals surface area contributed by atoms with E-state index in [-0.39, 0.29) is 36.0 Å². The molecule has 8 nitrogen and oxygen atoms in total. The Labute approximate surface area is 239 Å². The van der Waals surface area contributed by atoms with E-state index in [1.54, 1.807) is 44.1 Å². The summed E-state index contributed by atoms with van der Waals surface area (Å²) in [6.45, 7) is 4.97. The number of halogens is 3. The number of carbonyl (C=O) groups is 2. The summed E-state index contributed by atoms with van der Waals surface area (Å²) >= 11 is 0. The van der Waals surface area contributed by atoms with Crippen molar-refractivity contribution in [1.82, 2.24) is 10.2 Å². The van der Waals surface area contributed by atoms with Gasteiger partial charge in [-0.2, -0.15) is 13.2 Å². The molecule has 1 amide bonds. The number of nitrogens with zero attached hydrogens (tertiary/aromatic N) is 2. The third-order valence-corrected chi connectivity index (χ3v) is 6.60. The van der Waals surface area contributed by atoms with Gasteiger partial charge in [-0.25, -0.2) is 0 Å². The number of anilines is 1. The van der Waals surface area contributed by atoms with E-state index in [1.807, 2.05) is 13.0 Å². The van der Waals surface area contributed by atoms with Crippen LogP contribution in [0.4, 0.5) is 18.9 Å². The SMILES string of the molecule is CCOC(=O)CCCN1CCc2cc(C[C@@H](C)NCCOc3ccccc3OCC(F)(F)F)cc(C(=O)N(C)C)c21. The van der Waals surface area contributed by atoms with Crippen molar-refractivity contribution in [3.05, 3.63) is 53.1 Å². The number of benzene rings is 2. The monoisotopic (exact) mass is 579 g/mol. The molecule has 2 aromatic rings. The topological polar surface area (TPSA) is 80.3 Å². The van der Waals surface area contributed by atoms with Gasteiger partial charge in [0.05, 0.1) is 17.9 Å². The predicted octanol–water partition coefficient (Wildman–Crippen LogP) is 4.63. The molecule has 11 heteroatoms. The van der Waals surface area contributed by atoms with Crippen LogP contribution in [0, 0.1) is 0 Å². The number of rotatable bonds is 15. The zero-order chi connectivity index (χ0) is 30.0. The number of carbonyl (C=O) groups excluding carboxylic acids is 2. The van der Waals surface area contributed by atoms with Crippen LogP contribution >= 0.6 is 0 Å². The van der Waals surface area contributed by atoms with Crippen LogP contribution < -0.4 is 19.7 Å². The van der Waals surface area contributed by atoms with E-state index < -0.39 is 12.8 Å². The summed E-state index contributed by atoms with van der Waals surface area (Å²) in [5.41, 5.74) is 3.75. The van der Waals surface area contributed by atoms with Gasteiger partial charge in [-0.3, -0.25) is 9.59 Å². The van der Waals surface area contributed by atoms with Gasteiger partial charge >= 0.3 is 12.1 Å². The van der Waals surface area contributed by atoms with E-state index in [9.17, 15) is 22.8 Å². The maximum Gasteiger partial charge on any atom is 0.422 e. The Kier molecular flexibility index (Phi) is 11.7. The van der Waals surface area contributed by atoms with E-state index >= 15 is 0 Å². The fraction of sp³-hybridized carbons (Fsp3) is 0.533. The third kappa shape index (κ3) is 9.84. The molecule has 1 heterocycles. The quantitative estimate of drug-likeness (QED) is 0.243. The number of para-hydroxylation sites is 2. The smallest absolute Gasteiger partial charge is 0.422 e. The largest absolute Gasteiger partial charge is 0.488 e. The van der Waals surface area contributed by atoms with E-state index in [0.29, 0.717) is 44.5 Å². The number of hydrogen-bond donors (Lipinski definition) is 1. The van der Waals surface area contributed by atoms with E-state index in [0.717, 1.165) is 29.8 Å². The highest BCUT2D eigenvalue weighted by Gasteiger charge is 2.29. The van der Waals surface area contributed by atoms with Crippen LogP contribution in [-0.4, -0.2) is 82.5 Å². The minimum atomic E-state index is -4.43. The van der Waals surface area contributed by atoms with Gasteiger partial charge in [-0.05, 0) is 62.4 Å². The van der Waals surface area contributed by atoms with Crippen molar-refractivity contribution in [2.24, 2.45) is 0 Å². The first-order valence-electron chi connectivity index (χ1n) is 13.9. The summed E-state index contributed by atoms with van der Waals surface area (Å²) in [6, 6.07) is 10.4. The van der Waals surface area contributed by atoms with Crippen molar-refractivity contribution in [1.29, 1.82) is 0 Å². The minimum Gasteiger partial charge on any atom is -0.488 e. The summed E-state index contributed by atoms with van der Waals surface area (Å²) in [7, 11) is 3.47. The lowest BCUT2D eigenvalue weighted by molar-refractivity contribution is -0.153. The third-order valence-electron chi connectivity index (χ3n) is 6.60. The molecule has 0 spiro atoms. The Bertz CT molecular complexity index is 1170. The molecule has 3 rings (SSSR count). The molecule has 1 atom stereocenters. The van der Waals surface area contributed by atoms with Gasteiger partial charge < -0.3 is 29.3 Å². The second-order valence-electron chi connectivity index (χ2n) is 10.3. The van der Waals surface area contributed by atoms with Crippen LogP contribution in [0.1, 0.15) is 48.2 Å². The second kappa shape index (κ2) is 15.0. The molecule has 0 aromatic heterocycles. The van der Waals surface area contributed by atoms with Crippen molar-refractivity contribution >= 4 is 17.6 Å². The number of amides is 1. The Morgan fingerprint density at radius 2 is 1.83 bits per heavy atom. The molecule has 0 saturated carbocycles. The second-order valence-corrected chi connectivity index (χ2v) is 10.3. The molecule has 1 aliphatic heterocycles. The molecule has 41 heavy (non-hydrogen) atoms. The fourth-order valence-electron chi connectivity index (χ4n) is 4.82. The first-order valence-corrected chi connectivity index (χ1v) is 13.9. The van der Waals surface area contributed by atoms with Gasteiger partial charge in [0.2, 0.25) is 0 Å². The van der Waals surface area contributed by atoms with E-state index in [2.05, 4.69) is 16.3 Å². The number of esters is 1. The van der Waals surface area contributed by atoms with Crippen molar-refractivity contribution < 1.29 is 37.0 Å². The molecular weight excluding hydrogens is 539 g/mol. The van der Waals surface area contributed by atoms with Gasteiger partial charge in [0.1, 0.15) is 6.61 Å². The summed E-state index contributed by atoms with van der Waals surface area (Å²) in [5.74, 6) is 0.0195. The Hall–Kier alpha value is -3.47. The molecule has 0 fully saturated rings. The highest BCUT2D eigenvalue weighted by molar-refractivity contribution is 6.01. The number of ether oxygens (including phenoxy) is 3. The maximum atomic E-state index is 13.1. The first-order chi connectivity index (χ1) is 19.5. The summed E-state index contributed by atoms with van der Waals surface area (Å²) in [4.78, 5) is 28.7. The normalized spacial score (nSPS) is 13.5. The highest BCUT2D eigenvalue weighted by Crippen LogP contribution is 2.34. The van der Waals surface area contributed by atoms with Gasteiger partial charge in [-0.1, -0.05) is 18.2 Å². The van der Waals surface area contributed by atoms with Crippen molar-refractivity contribution in [3.63, 3.8) is 0 Å². The lowest BCUT2D eigenvalue weighted by Gasteiger charge is -2.24. The van der Waals surface area contributed by atoms with Gasteiger partial charge in [0.15, 0.2) is 18.1 Å². The van der Waals surface area contributed by atoms with Crippen LogP contribution in [0.15, 0.2) is 36.4 Å². The Morgan fingerprint density at radius 1 is 1.12 bits per heavy atom.